The first-order valence-corrected chi connectivity index (χ1v) is 6.89. The van der Waals surface area contributed by atoms with Crippen molar-refractivity contribution in [3.63, 3.8) is 0 Å². The van der Waals surface area contributed by atoms with Crippen molar-refractivity contribution < 1.29 is 13.2 Å². The molecule has 1 aromatic carbocycles. The molecule has 7 heteroatoms. The van der Waals surface area contributed by atoms with E-state index in [1.165, 1.54) is 12.1 Å². The zero-order valence-electron chi connectivity index (χ0n) is 10.7. The van der Waals surface area contributed by atoms with Crippen LogP contribution >= 0.6 is 0 Å². The molecule has 0 bridgehead atoms. The second kappa shape index (κ2) is 5.13. The van der Waals surface area contributed by atoms with E-state index in [0.29, 0.717) is 18.0 Å². The van der Waals surface area contributed by atoms with Crippen molar-refractivity contribution in [1.82, 2.24) is 0 Å². The van der Waals surface area contributed by atoms with Crippen LogP contribution in [0.2, 0.25) is 0 Å². The van der Waals surface area contributed by atoms with Crippen LogP contribution in [0.1, 0.15) is 13.8 Å². The van der Waals surface area contributed by atoms with Gasteiger partial charge in [0, 0.05) is 18.5 Å². The van der Waals surface area contributed by atoms with Gasteiger partial charge in [-0.1, -0.05) is 0 Å². The molecule has 1 rings (SSSR count). The van der Waals surface area contributed by atoms with Gasteiger partial charge in [-0.3, -0.25) is 0 Å². The van der Waals surface area contributed by atoms with Gasteiger partial charge < -0.3 is 15.8 Å². The van der Waals surface area contributed by atoms with Gasteiger partial charge in [0.25, 0.3) is 0 Å². The Balaban J connectivity index is 3.08. The monoisotopic (exact) mass is 273 g/mol. The number of nitrogen functional groups attached to an aromatic ring is 1. The van der Waals surface area contributed by atoms with E-state index in [9.17, 15) is 8.42 Å². The number of sulfonamides is 1. The van der Waals surface area contributed by atoms with Gasteiger partial charge in [0.05, 0.1) is 17.0 Å². The molecule has 0 saturated carbocycles. The highest BCUT2D eigenvalue weighted by atomic mass is 32.2. The topological polar surface area (TPSA) is 107 Å². The summed E-state index contributed by atoms with van der Waals surface area (Å²) in [5, 5.41) is 8.23. The van der Waals surface area contributed by atoms with Crippen LogP contribution in [0.5, 0.6) is 0 Å². The molecule has 5 N–H and O–H groups in total. The fourth-order valence-corrected chi connectivity index (χ4v) is 2.24. The van der Waals surface area contributed by atoms with Gasteiger partial charge in [-0.15, -0.1) is 0 Å². The molecule has 0 fully saturated rings. The fourth-order valence-electron chi connectivity index (χ4n) is 1.65. The summed E-state index contributed by atoms with van der Waals surface area (Å²) >= 11 is 0. The van der Waals surface area contributed by atoms with Gasteiger partial charge in [-0.05, 0) is 32.0 Å². The van der Waals surface area contributed by atoms with Crippen molar-refractivity contribution in [3.8, 4) is 0 Å². The summed E-state index contributed by atoms with van der Waals surface area (Å²) in [4.78, 5) is -0.0155. The first kappa shape index (κ1) is 14.7. The van der Waals surface area contributed by atoms with Crippen LogP contribution in [0.3, 0.4) is 0 Å². The molecule has 1 aromatic rings. The lowest BCUT2D eigenvalue weighted by Gasteiger charge is -2.27. The molecule has 0 amide bonds. The molecule has 0 saturated heterocycles. The minimum absolute atomic E-state index is 0.0155. The third-order valence-electron chi connectivity index (χ3n) is 2.25. The van der Waals surface area contributed by atoms with Gasteiger partial charge >= 0.3 is 0 Å². The van der Waals surface area contributed by atoms with E-state index in [0.717, 1.165) is 0 Å². The highest BCUT2D eigenvalue weighted by Gasteiger charge is 2.18. The number of nitrogens with one attached hydrogen (secondary N) is 1. The Kier molecular flexibility index (Phi) is 4.20. The Bertz CT molecular complexity index is 526. The third kappa shape index (κ3) is 4.17. The second-order valence-electron chi connectivity index (χ2n) is 4.78. The Morgan fingerprint density at radius 1 is 1.33 bits per heavy atom. The molecule has 18 heavy (non-hydrogen) atoms. The van der Waals surface area contributed by atoms with Crippen LogP contribution < -0.4 is 16.2 Å². The van der Waals surface area contributed by atoms with Gasteiger partial charge in [0.2, 0.25) is 10.0 Å². The van der Waals surface area contributed by atoms with Crippen molar-refractivity contribution in [1.29, 1.82) is 0 Å². The quantitative estimate of drug-likeness (QED) is 0.686. The Hall–Kier alpha value is -1.31. The summed E-state index contributed by atoms with van der Waals surface area (Å²) in [6.07, 6.45) is 0. The minimum atomic E-state index is -3.77. The van der Waals surface area contributed by atoms with Gasteiger partial charge in [-0.2, -0.15) is 0 Å². The van der Waals surface area contributed by atoms with Crippen molar-refractivity contribution in [2.45, 2.75) is 24.3 Å². The highest BCUT2D eigenvalue weighted by molar-refractivity contribution is 7.89. The Morgan fingerprint density at radius 3 is 2.44 bits per heavy atom. The average molecular weight is 273 g/mol. The number of rotatable bonds is 5. The summed E-state index contributed by atoms with van der Waals surface area (Å²) in [7, 11) is -2.17. The molecule has 0 aliphatic carbocycles. The molecule has 0 aromatic heterocycles. The van der Waals surface area contributed by atoms with Crippen molar-refractivity contribution >= 4 is 21.4 Å². The van der Waals surface area contributed by atoms with Crippen LogP contribution in [0.4, 0.5) is 11.4 Å². The fraction of sp³-hybridized carbons (Fsp3) is 0.455. The molecule has 6 nitrogen and oxygen atoms in total. The summed E-state index contributed by atoms with van der Waals surface area (Å²) in [6.45, 7) is 4.32. The SMILES string of the molecule is COCC(C)(C)Nc1cc(N)cc(S(N)(=O)=O)c1. The number of primary sulfonamides is 1. The zero-order valence-corrected chi connectivity index (χ0v) is 11.5. The predicted octanol–water partition coefficient (Wildman–Crippen LogP) is 0.753. The normalized spacial score (nSPS) is 12.4. The molecule has 0 radical (unpaired) electrons. The summed E-state index contributed by atoms with van der Waals surface area (Å²) in [5.74, 6) is 0. The first-order chi connectivity index (χ1) is 8.14. The van der Waals surface area contributed by atoms with Crippen LogP contribution in [0.25, 0.3) is 0 Å². The maximum Gasteiger partial charge on any atom is 0.238 e. The standard InChI is InChI=1S/C11H19N3O3S/c1-11(2,7-17-3)14-9-4-8(12)5-10(6-9)18(13,15)16/h4-6,14H,7,12H2,1-3H3,(H2,13,15,16). The van der Waals surface area contributed by atoms with E-state index in [2.05, 4.69) is 5.32 Å². The number of hydrogen-bond donors (Lipinski definition) is 3. The Labute approximate surface area is 107 Å². The second-order valence-corrected chi connectivity index (χ2v) is 6.34. The zero-order chi connectivity index (χ0) is 14.0. The van der Waals surface area contributed by atoms with E-state index in [-0.39, 0.29) is 10.4 Å². The maximum absolute atomic E-state index is 11.3. The molecule has 0 aliphatic heterocycles. The smallest absolute Gasteiger partial charge is 0.238 e. The van der Waals surface area contributed by atoms with Gasteiger partial charge in [-0.25, -0.2) is 13.6 Å². The van der Waals surface area contributed by atoms with E-state index in [4.69, 9.17) is 15.6 Å². The molecule has 0 spiro atoms. The minimum Gasteiger partial charge on any atom is -0.399 e. The number of ether oxygens (including phenoxy) is 1. The molecular formula is C11H19N3O3S. The van der Waals surface area contributed by atoms with E-state index in [1.807, 2.05) is 13.8 Å². The molecular weight excluding hydrogens is 254 g/mol. The summed E-state index contributed by atoms with van der Waals surface area (Å²) in [6, 6.07) is 4.42. The lowest BCUT2D eigenvalue weighted by atomic mass is 10.1. The van der Waals surface area contributed by atoms with Crippen molar-refractivity contribution in [2.75, 3.05) is 24.8 Å². The predicted molar refractivity (Wildman–Crippen MR) is 71.8 cm³/mol. The van der Waals surface area contributed by atoms with E-state index < -0.39 is 10.0 Å². The van der Waals surface area contributed by atoms with Gasteiger partial charge in [0.1, 0.15) is 0 Å². The van der Waals surface area contributed by atoms with Crippen LogP contribution in [0, 0.1) is 0 Å². The Morgan fingerprint density at radius 2 is 1.94 bits per heavy atom. The van der Waals surface area contributed by atoms with Crippen LogP contribution in [-0.4, -0.2) is 27.7 Å². The molecule has 0 heterocycles. The maximum atomic E-state index is 11.3. The number of nitrogens with two attached hydrogens (primary N) is 2. The number of hydrogen-bond acceptors (Lipinski definition) is 5. The summed E-state index contributed by atoms with van der Waals surface area (Å²) < 4.78 is 27.7. The lowest BCUT2D eigenvalue weighted by Crippen LogP contribution is -2.36. The molecule has 0 aliphatic rings. The third-order valence-corrected chi connectivity index (χ3v) is 3.14. The average Bonchev–Trinajstić information content (AvgIpc) is 2.13. The number of anilines is 2. The van der Waals surface area contributed by atoms with Crippen molar-refractivity contribution in [2.24, 2.45) is 5.14 Å². The van der Waals surface area contributed by atoms with E-state index >= 15 is 0 Å². The molecule has 0 atom stereocenters. The first-order valence-electron chi connectivity index (χ1n) is 5.34. The number of methoxy groups -OCH3 is 1. The molecule has 0 unspecified atom stereocenters. The largest absolute Gasteiger partial charge is 0.399 e. The van der Waals surface area contributed by atoms with Crippen LogP contribution in [0.15, 0.2) is 23.1 Å². The van der Waals surface area contributed by atoms with Crippen LogP contribution in [-0.2, 0) is 14.8 Å². The highest BCUT2D eigenvalue weighted by Crippen LogP contribution is 2.22. The van der Waals surface area contributed by atoms with E-state index in [1.54, 1.807) is 13.2 Å². The summed E-state index contributed by atoms with van der Waals surface area (Å²) in [5.41, 5.74) is 6.22. The van der Waals surface area contributed by atoms with Gasteiger partial charge in [0.15, 0.2) is 0 Å². The van der Waals surface area contributed by atoms with Crippen molar-refractivity contribution in [3.05, 3.63) is 18.2 Å². The number of benzene rings is 1. The lowest BCUT2D eigenvalue weighted by molar-refractivity contribution is 0.158. The molecule has 102 valence electrons.